The third-order valence-electron chi connectivity index (χ3n) is 3.64. The maximum absolute atomic E-state index is 14.2. The summed E-state index contributed by atoms with van der Waals surface area (Å²) in [6.45, 7) is 3.34. The zero-order valence-corrected chi connectivity index (χ0v) is 14.8. The Balaban J connectivity index is 2.82. The van der Waals surface area contributed by atoms with Crippen LogP contribution >= 0.6 is 0 Å². The van der Waals surface area contributed by atoms with Crippen LogP contribution < -0.4 is 4.31 Å². The Labute approximate surface area is 141 Å². The van der Waals surface area contributed by atoms with Crippen molar-refractivity contribution in [2.45, 2.75) is 26.4 Å². The van der Waals surface area contributed by atoms with E-state index in [9.17, 15) is 17.9 Å². The molecule has 0 fully saturated rings. The Morgan fingerprint density at radius 3 is 2.38 bits per heavy atom. The summed E-state index contributed by atoms with van der Waals surface area (Å²) in [5.74, 6) is -0.669. The lowest BCUT2D eigenvalue weighted by Gasteiger charge is -2.20. The van der Waals surface area contributed by atoms with Gasteiger partial charge in [-0.2, -0.15) is 0 Å². The van der Waals surface area contributed by atoms with E-state index in [0.717, 1.165) is 10.6 Å². The average molecular weight is 353 g/mol. The maximum Gasteiger partial charge on any atom is 0.239 e. The third-order valence-corrected chi connectivity index (χ3v) is 4.80. The van der Waals surface area contributed by atoms with Crippen LogP contribution in [0.3, 0.4) is 0 Å². The van der Waals surface area contributed by atoms with Gasteiger partial charge in [-0.1, -0.05) is 26.0 Å². The maximum atomic E-state index is 14.2. The highest BCUT2D eigenvalue weighted by Crippen LogP contribution is 2.31. The highest BCUT2D eigenvalue weighted by atomic mass is 32.2. The van der Waals surface area contributed by atoms with Crippen molar-refractivity contribution in [3.05, 3.63) is 41.3 Å². The van der Waals surface area contributed by atoms with Gasteiger partial charge in [-0.3, -0.25) is 0 Å². The zero-order valence-electron chi connectivity index (χ0n) is 14.0. The smallest absolute Gasteiger partial charge is 0.239 e. The topological polar surface area (TPSA) is 83.4 Å². The highest BCUT2D eigenvalue weighted by Gasteiger charge is 2.23. The average Bonchev–Trinajstić information content (AvgIpc) is 2.52. The van der Waals surface area contributed by atoms with Crippen molar-refractivity contribution in [3.8, 4) is 11.3 Å². The molecule has 0 aliphatic heterocycles. The molecule has 1 aromatic carbocycles. The van der Waals surface area contributed by atoms with E-state index in [1.807, 2.05) is 13.8 Å². The summed E-state index contributed by atoms with van der Waals surface area (Å²) in [4.78, 5) is 8.50. The summed E-state index contributed by atoms with van der Waals surface area (Å²) in [6.07, 6.45) is 1.04. The molecular weight excluding hydrogens is 333 g/mol. The van der Waals surface area contributed by atoms with Crippen LogP contribution in [0.25, 0.3) is 11.3 Å². The molecular formula is C16H20FN3O3S. The van der Waals surface area contributed by atoms with Gasteiger partial charge in [0.2, 0.25) is 16.0 Å². The summed E-state index contributed by atoms with van der Waals surface area (Å²) < 4.78 is 38.8. The molecule has 0 saturated carbocycles. The molecule has 0 spiro atoms. The number of sulfonamides is 1. The van der Waals surface area contributed by atoms with Gasteiger partial charge in [-0.25, -0.2) is 27.1 Å². The Kier molecular flexibility index (Phi) is 5.19. The third kappa shape index (κ3) is 3.54. The predicted molar refractivity (Wildman–Crippen MR) is 90.7 cm³/mol. The number of aliphatic hydroxyl groups excluding tert-OH is 1. The van der Waals surface area contributed by atoms with Gasteiger partial charge in [0, 0.05) is 18.2 Å². The van der Waals surface area contributed by atoms with Crippen LogP contribution in [0.15, 0.2) is 24.3 Å². The molecule has 0 aliphatic rings. The van der Waals surface area contributed by atoms with Gasteiger partial charge in [0.15, 0.2) is 0 Å². The van der Waals surface area contributed by atoms with Crippen molar-refractivity contribution in [2.75, 3.05) is 17.6 Å². The van der Waals surface area contributed by atoms with Gasteiger partial charge >= 0.3 is 0 Å². The number of rotatable bonds is 5. The van der Waals surface area contributed by atoms with Crippen LogP contribution in [0.1, 0.15) is 31.0 Å². The molecule has 0 bridgehead atoms. The lowest BCUT2D eigenvalue weighted by Crippen LogP contribution is -2.28. The molecule has 0 saturated heterocycles. The summed E-state index contributed by atoms with van der Waals surface area (Å²) in [5, 5.41) is 9.76. The normalized spacial score (nSPS) is 11.8. The van der Waals surface area contributed by atoms with Crippen LogP contribution in [0.4, 0.5) is 10.3 Å². The number of halogens is 1. The number of hydrogen-bond donors (Lipinski definition) is 1. The second-order valence-corrected chi connectivity index (χ2v) is 7.77. The molecule has 130 valence electrons. The van der Waals surface area contributed by atoms with Crippen LogP contribution in [0, 0.1) is 5.82 Å². The van der Waals surface area contributed by atoms with E-state index < -0.39 is 15.8 Å². The van der Waals surface area contributed by atoms with Gasteiger partial charge in [-0.05, 0) is 18.1 Å². The summed E-state index contributed by atoms with van der Waals surface area (Å²) in [7, 11) is -2.24. The molecule has 0 amide bonds. The second kappa shape index (κ2) is 6.82. The number of aliphatic hydroxyl groups is 1. The molecule has 1 N–H and O–H groups in total. The van der Waals surface area contributed by atoms with Crippen molar-refractivity contribution >= 4 is 16.0 Å². The van der Waals surface area contributed by atoms with Gasteiger partial charge in [0.05, 0.1) is 24.3 Å². The zero-order chi connectivity index (χ0) is 18.1. The Morgan fingerprint density at radius 2 is 1.88 bits per heavy atom. The van der Waals surface area contributed by atoms with Crippen molar-refractivity contribution in [1.29, 1.82) is 0 Å². The first-order valence-corrected chi connectivity index (χ1v) is 9.22. The molecule has 0 aliphatic carbocycles. The van der Waals surface area contributed by atoms with Gasteiger partial charge in [-0.15, -0.1) is 0 Å². The molecule has 0 unspecified atom stereocenters. The number of benzene rings is 1. The fourth-order valence-corrected chi connectivity index (χ4v) is 2.67. The van der Waals surface area contributed by atoms with Crippen molar-refractivity contribution in [1.82, 2.24) is 9.97 Å². The first-order chi connectivity index (χ1) is 11.2. The van der Waals surface area contributed by atoms with Crippen LogP contribution in [-0.4, -0.2) is 36.8 Å². The van der Waals surface area contributed by atoms with E-state index in [4.69, 9.17) is 0 Å². The first kappa shape index (κ1) is 18.3. The van der Waals surface area contributed by atoms with Crippen LogP contribution in [0.2, 0.25) is 0 Å². The van der Waals surface area contributed by atoms with Crippen molar-refractivity contribution in [2.24, 2.45) is 0 Å². The van der Waals surface area contributed by atoms with Crippen molar-refractivity contribution < 1.29 is 17.9 Å². The number of nitrogens with zero attached hydrogens (tertiary/aromatic N) is 3. The minimum Gasteiger partial charge on any atom is -0.392 e. The van der Waals surface area contributed by atoms with E-state index in [1.165, 1.54) is 19.2 Å². The quantitative estimate of drug-likeness (QED) is 0.892. The van der Waals surface area contributed by atoms with Gasteiger partial charge in [0.1, 0.15) is 5.82 Å². The molecule has 8 heteroatoms. The lowest BCUT2D eigenvalue weighted by atomic mass is 9.99. The minimum atomic E-state index is -3.57. The molecule has 0 radical (unpaired) electrons. The van der Waals surface area contributed by atoms with Crippen LogP contribution in [-0.2, 0) is 16.6 Å². The Morgan fingerprint density at radius 1 is 1.25 bits per heavy atom. The fourth-order valence-electron chi connectivity index (χ4n) is 2.29. The van der Waals surface area contributed by atoms with E-state index in [1.54, 1.807) is 12.1 Å². The standard InChI is InChI=1S/C16H20FN3O3S/c1-10(2)14-12(9-21)15(11-7-5-6-8-13(11)17)19-16(18-14)20(3)24(4,22)23/h5-8,10,21H,9H2,1-4H3. The summed E-state index contributed by atoms with van der Waals surface area (Å²) in [5.41, 5.74) is 1.26. The lowest BCUT2D eigenvalue weighted by molar-refractivity contribution is 0.279. The van der Waals surface area contributed by atoms with E-state index >= 15 is 0 Å². The molecule has 2 aromatic rings. The molecule has 1 aromatic heterocycles. The summed E-state index contributed by atoms with van der Waals surface area (Å²) in [6, 6.07) is 6.01. The van der Waals surface area contributed by atoms with Crippen LogP contribution in [0.5, 0.6) is 0 Å². The fraction of sp³-hybridized carbons (Fsp3) is 0.375. The molecule has 0 atom stereocenters. The number of aromatic nitrogens is 2. The molecule has 2 rings (SSSR count). The minimum absolute atomic E-state index is 0.0587. The largest absolute Gasteiger partial charge is 0.392 e. The molecule has 24 heavy (non-hydrogen) atoms. The molecule has 6 nitrogen and oxygen atoms in total. The van der Waals surface area contributed by atoms with Gasteiger partial charge < -0.3 is 5.11 Å². The number of hydrogen-bond acceptors (Lipinski definition) is 5. The molecule has 1 heterocycles. The number of anilines is 1. The monoisotopic (exact) mass is 353 g/mol. The SMILES string of the molecule is CC(C)c1nc(N(C)S(C)(=O)=O)nc(-c2ccccc2F)c1CO. The Bertz CT molecular complexity index is 854. The van der Waals surface area contributed by atoms with E-state index in [2.05, 4.69) is 9.97 Å². The predicted octanol–water partition coefficient (Wildman–Crippen LogP) is 2.29. The summed E-state index contributed by atoms with van der Waals surface area (Å²) >= 11 is 0. The van der Waals surface area contributed by atoms with Gasteiger partial charge in [0.25, 0.3) is 0 Å². The van der Waals surface area contributed by atoms with E-state index in [-0.39, 0.29) is 29.7 Å². The van der Waals surface area contributed by atoms with Crippen molar-refractivity contribution in [3.63, 3.8) is 0 Å². The first-order valence-electron chi connectivity index (χ1n) is 7.37. The second-order valence-electron chi connectivity index (χ2n) is 5.76. The van der Waals surface area contributed by atoms with E-state index in [0.29, 0.717) is 11.3 Å². The highest BCUT2D eigenvalue weighted by molar-refractivity contribution is 7.92. The Hall–Kier alpha value is -2.06.